The third-order valence-corrected chi connectivity index (χ3v) is 2.29. The zero-order chi connectivity index (χ0) is 10.8. The summed E-state index contributed by atoms with van der Waals surface area (Å²) >= 11 is 0. The van der Waals surface area contributed by atoms with E-state index in [1.807, 2.05) is 17.8 Å². The van der Waals surface area contributed by atoms with E-state index in [0.29, 0.717) is 0 Å². The van der Waals surface area contributed by atoms with Crippen LogP contribution in [0.5, 0.6) is 0 Å². The number of nitrogens with two attached hydrogens (primary N) is 1. The highest BCUT2D eigenvalue weighted by Crippen LogP contribution is 2.14. The average Bonchev–Trinajstić information content (AvgIpc) is 2.63. The zero-order valence-corrected chi connectivity index (χ0v) is 8.34. The summed E-state index contributed by atoms with van der Waals surface area (Å²) in [4.78, 5) is 17.8. The van der Waals surface area contributed by atoms with Crippen molar-refractivity contribution in [2.24, 2.45) is 12.8 Å². The number of pyridine rings is 1. The maximum Gasteiger partial charge on any atom is 0.248 e. The van der Waals surface area contributed by atoms with E-state index in [1.54, 1.807) is 18.5 Å². The fourth-order valence-electron chi connectivity index (χ4n) is 1.48. The van der Waals surface area contributed by atoms with E-state index in [4.69, 9.17) is 5.73 Å². The number of nitrogens with one attached hydrogen (secondary N) is 1. The summed E-state index contributed by atoms with van der Waals surface area (Å²) in [5, 5.41) is 0. The molecule has 5 heteroatoms. The van der Waals surface area contributed by atoms with Gasteiger partial charge in [-0.2, -0.15) is 0 Å². The van der Waals surface area contributed by atoms with E-state index in [9.17, 15) is 4.79 Å². The Balaban J connectivity index is 2.41. The molecular weight excluding hydrogens is 192 g/mol. The Morgan fingerprint density at radius 3 is 3.00 bits per heavy atom. The number of rotatable bonds is 2. The van der Waals surface area contributed by atoms with Gasteiger partial charge < -0.3 is 15.3 Å². The molecule has 1 unspecified atom stereocenters. The molecule has 2 aromatic heterocycles. The number of aromatic amines is 1. The Hall–Kier alpha value is -1.88. The first-order valence-corrected chi connectivity index (χ1v) is 4.60. The number of aromatic nitrogens is 3. The Bertz CT molecular complexity index is 514. The maximum atomic E-state index is 11.1. The molecule has 0 fully saturated rings. The van der Waals surface area contributed by atoms with Gasteiger partial charge in [0.15, 0.2) is 0 Å². The van der Waals surface area contributed by atoms with Crippen molar-refractivity contribution in [3.8, 4) is 0 Å². The van der Waals surface area contributed by atoms with Crippen LogP contribution in [0, 0.1) is 0 Å². The van der Waals surface area contributed by atoms with Crippen LogP contribution in [-0.2, 0) is 7.05 Å². The first kappa shape index (κ1) is 9.67. The molecule has 15 heavy (non-hydrogen) atoms. The molecule has 0 aliphatic carbocycles. The van der Waals surface area contributed by atoms with E-state index in [0.717, 1.165) is 11.4 Å². The Labute approximate surface area is 86.6 Å². The summed E-state index contributed by atoms with van der Waals surface area (Å²) < 4.78 is 1.84. The van der Waals surface area contributed by atoms with E-state index < -0.39 is 0 Å². The van der Waals surface area contributed by atoms with Gasteiger partial charge in [-0.25, -0.2) is 4.98 Å². The molecule has 0 saturated carbocycles. The molecule has 2 heterocycles. The number of H-pyrrole nitrogens is 1. The van der Waals surface area contributed by atoms with Crippen molar-refractivity contribution in [3.63, 3.8) is 0 Å². The van der Waals surface area contributed by atoms with Gasteiger partial charge in [0, 0.05) is 31.7 Å². The first-order chi connectivity index (χ1) is 7.18. The minimum Gasteiger partial charge on any atom is -0.336 e. The van der Waals surface area contributed by atoms with Crippen LogP contribution < -0.4 is 11.3 Å². The summed E-state index contributed by atoms with van der Waals surface area (Å²) in [6.07, 6.45) is 5.09. The minimum atomic E-state index is -0.368. The lowest BCUT2D eigenvalue weighted by Gasteiger charge is -2.10. The Kier molecular flexibility index (Phi) is 2.39. The van der Waals surface area contributed by atoms with Gasteiger partial charge in [-0.1, -0.05) is 0 Å². The molecule has 3 N–H and O–H groups in total. The van der Waals surface area contributed by atoms with Crippen LogP contribution in [0.2, 0.25) is 0 Å². The number of nitrogens with zero attached hydrogens (tertiary/aromatic N) is 2. The second-order valence-electron chi connectivity index (χ2n) is 3.36. The van der Waals surface area contributed by atoms with Crippen LogP contribution in [0.3, 0.4) is 0 Å². The molecule has 0 amide bonds. The van der Waals surface area contributed by atoms with Gasteiger partial charge in [-0.15, -0.1) is 0 Å². The van der Waals surface area contributed by atoms with Gasteiger partial charge >= 0.3 is 0 Å². The van der Waals surface area contributed by atoms with Crippen LogP contribution in [-0.4, -0.2) is 14.5 Å². The molecule has 0 spiro atoms. The third kappa shape index (κ3) is 1.82. The number of aryl methyl sites for hydroxylation is 1. The number of hydrogen-bond acceptors (Lipinski definition) is 3. The molecule has 0 aliphatic rings. The molecule has 2 rings (SSSR count). The van der Waals surface area contributed by atoms with Crippen molar-refractivity contribution in [2.75, 3.05) is 0 Å². The summed E-state index contributed by atoms with van der Waals surface area (Å²) in [5.74, 6) is 0.737. The molecule has 0 aromatic carbocycles. The highest BCUT2D eigenvalue weighted by atomic mass is 16.1. The van der Waals surface area contributed by atoms with Gasteiger partial charge in [0.25, 0.3) is 0 Å². The van der Waals surface area contributed by atoms with Gasteiger partial charge in [-0.05, 0) is 11.6 Å². The van der Waals surface area contributed by atoms with Crippen LogP contribution in [0.1, 0.15) is 17.4 Å². The second kappa shape index (κ2) is 3.70. The summed E-state index contributed by atoms with van der Waals surface area (Å²) in [6, 6.07) is 2.90. The number of hydrogen-bond donors (Lipinski definition) is 2. The molecule has 0 radical (unpaired) electrons. The molecule has 5 nitrogen and oxygen atoms in total. The van der Waals surface area contributed by atoms with E-state index in [1.165, 1.54) is 6.07 Å². The van der Waals surface area contributed by atoms with Crippen molar-refractivity contribution >= 4 is 0 Å². The normalized spacial score (nSPS) is 12.7. The Morgan fingerprint density at radius 1 is 1.60 bits per heavy atom. The predicted octanol–water partition coefficient (Wildman–Crippen LogP) is 0.156. The first-order valence-electron chi connectivity index (χ1n) is 4.60. The summed E-state index contributed by atoms with van der Waals surface area (Å²) in [6.45, 7) is 0. The van der Waals surface area contributed by atoms with Crippen molar-refractivity contribution in [1.82, 2.24) is 14.5 Å². The molecule has 0 bridgehead atoms. The molecule has 78 valence electrons. The zero-order valence-electron chi connectivity index (χ0n) is 8.34. The minimum absolute atomic E-state index is 0.155. The lowest BCUT2D eigenvalue weighted by molar-refractivity contribution is 0.715. The second-order valence-corrected chi connectivity index (χ2v) is 3.36. The van der Waals surface area contributed by atoms with Crippen LogP contribution >= 0.6 is 0 Å². The average molecular weight is 204 g/mol. The fraction of sp³-hybridized carbons (Fsp3) is 0.200. The third-order valence-electron chi connectivity index (χ3n) is 2.29. The fourth-order valence-corrected chi connectivity index (χ4v) is 1.48. The monoisotopic (exact) mass is 204 g/mol. The van der Waals surface area contributed by atoms with Crippen LogP contribution in [0.15, 0.2) is 35.5 Å². The highest BCUT2D eigenvalue weighted by Gasteiger charge is 2.13. The largest absolute Gasteiger partial charge is 0.336 e. The standard InChI is InChI=1S/C10H12N4O/c1-14-5-4-13-10(14)9(11)7-2-3-12-8(15)6-7/h2-6,9H,11H2,1H3,(H,12,15). The lowest BCUT2D eigenvalue weighted by atomic mass is 10.1. The van der Waals surface area contributed by atoms with Gasteiger partial charge in [0.05, 0.1) is 6.04 Å². The van der Waals surface area contributed by atoms with Crippen LogP contribution in [0.4, 0.5) is 0 Å². The number of imidazole rings is 1. The molecule has 0 aliphatic heterocycles. The van der Waals surface area contributed by atoms with Gasteiger partial charge in [-0.3, -0.25) is 4.79 Å². The van der Waals surface area contributed by atoms with E-state index >= 15 is 0 Å². The Morgan fingerprint density at radius 2 is 2.40 bits per heavy atom. The van der Waals surface area contributed by atoms with Crippen molar-refractivity contribution in [2.45, 2.75) is 6.04 Å². The summed E-state index contributed by atoms with van der Waals surface area (Å²) in [5.41, 5.74) is 6.60. The smallest absolute Gasteiger partial charge is 0.248 e. The highest BCUT2D eigenvalue weighted by molar-refractivity contribution is 5.21. The summed E-state index contributed by atoms with van der Waals surface area (Å²) in [7, 11) is 1.87. The molecule has 0 saturated heterocycles. The topological polar surface area (TPSA) is 76.7 Å². The van der Waals surface area contributed by atoms with E-state index in [2.05, 4.69) is 9.97 Å². The van der Waals surface area contributed by atoms with Gasteiger partial charge in [0.1, 0.15) is 5.82 Å². The molecule has 2 aromatic rings. The van der Waals surface area contributed by atoms with Crippen molar-refractivity contribution < 1.29 is 0 Å². The van der Waals surface area contributed by atoms with E-state index in [-0.39, 0.29) is 11.6 Å². The quantitative estimate of drug-likeness (QED) is 0.731. The molecular formula is C10H12N4O. The van der Waals surface area contributed by atoms with Crippen LogP contribution in [0.25, 0.3) is 0 Å². The SMILES string of the molecule is Cn1ccnc1C(N)c1cc[nH]c(=O)c1. The van der Waals surface area contributed by atoms with Crippen molar-refractivity contribution in [1.29, 1.82) is 0 Å². The molecule has 1 atom stereocenters. The predicted molar refractivity (Wildman–Crippen MR) is 56.3 cm³/mol. The lowest BCUT2D eigenvalue weighted by Crippen LogP contribution is -2.18. The maximum absolute atomic E-state index is 11.1. The van der Waals surface area contributed by atoms with Gasteiger partial charge in [0.2, 0.25) is 5.56 Å². The van der Waals surface area contributed by atoms with Crippen molar-refractivity contribution in [3.05, 3.63) is 52.5 Å².